The quantitative estimate of drug-likeness (QED) is 0.225. The van der Waals surface area contributed by atoms with Gasteiger partial charge in [0, 0.05) is 62.8 Å². The lowest BCUT2D eigenvalue weighted by molar-refractivity contribution is -0.0217. The van der Waals surface area contributed by atoms with E-state index in [1.807, 2.05) is 54.6 Å². The third-order valence-corrected chi connectivity index (χ3v) is 11.1. The van der Waals surface area contributed by atoms with E-state index in [4.69, 9.17) is 0 Å². The van der Waals surface area contributed by atoms with Gasteiger partial charge in [0.15, 0.2) is 0 Å². The lowest BCUT2D eigenvalue weighted by Crippen LogP contribution is -2.56. The van der Waals surface area contributed by atoms with E-state index in [9.17, 15) is 14.4 Å². The number of piperidine rings is 1. The molecule has 2 N–H and O–H groups in total. The second-order valence-corrected chi connectivity index (χ2v) is 14.5. The summed E-state index contributed by atoms with van der Waals surface area (Å²) in [4.78, 5) is 45.2. The fraction of sp³-hybridized carbons (Fsp3) is 0.390. The molecule has 1 aromatic heterocycles. The Morgan fingerprint density at radius 3 is 2.06 bits per heavy atom. The van der Waals surface area contributed by atoms with Gasteiger partial charge in [0.25, 0.3) is 17.7 Å². The maximum Gasteiger partial charge on any atom is 0.268 e. The van der Waals surface area contributed by atoms with E-state index in [1.54, 1.807) is 19.0 Å². The van der Waals surface area contributed by atoms with E-state index in [2.05, 4.69) is 62.4 Å². The molecule has 9 heteroatoms. The molecule has 3 amide bonds. The van der Waals surface area contributed by atoms with Gasteiger partial charge in [-0.25, -0.2) is 0 Å². The summed E-state index contributed by atoms with van der Waals surface area (Å²) in [5.41, 5.74) is 7.37. The van der Waals surface area contributed by atoms with Gasteiger partial charge in [0.05, 0.1) is 5.54 Å². The number of hydrogen-bond donors (Lipinski definition) is 2. The van der Waals surface area contributed by atoms with Crippen molar-refractivity contribution in [1.82, 2.24) is 24.6 Å². The third-order valence-electron chi connectivity index (χ3n) is 11.1. The Morgan fingerprint density at radius 2 is 1.42 bits per heavy atom. The molecular formula is C41H48N6O3. The van der Waals surface area contributed by atoms with E-state index >= 15 is 0 Å². The first-order valence-electron chi connectivity index (χ1n) is 17.9. The van der Waals surface area contributed by atoms with Crippen molar-refractivity contribution < 1.29 is 14.4 Å². The summed E-state index contributed by atoms with van der Waals surface area (Å²) in [5, 5.41) is 6.12. The van der Waals surface area contributed by atoms with Crippen LogP contribution in [-0.2, 0) is 25.2 Å². The Bertz CT molecular complexity index is 1830. The first kappa shape index (κ1) is 33.8. The molecule has 1 saturated carbocycles. The van der Waals surface area contributed by atoms with Crippen molar-refractivity contribution in [3.05, 3.63) is 124 Å². The minimum atomic E-state index is -0.129. The van der Waals surface area contributed by atoms with E-state index in [0.29, 0.717) is 29.3 Å². The monoisotopic (exact) mass is 672 g/mol. The number of nitrogens with one attached hydrogen (secondary N) is 2. The maximum atomic E-state index is 13.4. The molecule has 1 aliphatic carbocycles. The number of hydrogen-bond acceptors (Lipinski definition) is 5. The molecule has 0 bridgehead atoms. The summed E-state index contributed by atoms with van der Waals surface area (Å²) in [5.74, 6) is 0.360. The fourth-order valence-electron chi connectivity index (χ4n) is 7.89. The van der Waals surface area contributed by atoms with Gasteiger partial charge in [-0.15, -0.1) is 0 Å². The highest BCUT2D eigenvalue weighted by molar-refractivity contribution is 6.04. The first-order valence-corrected chi connectivity index (χ1v) is 17.9. The summed E-state index contributed by atoms with van der Waals surface area (Å²) >= 11 is 0. The average molecular weight is 673 g/mol. The lowest BCUT2D eigenvalue weighted by Gasteiger charge is -2.53. The molecule has 0 atom stereocenters. The molecule has 9 nitrogen and oxygen atoms in total. The molecule has 0 radical (unpaired) electrons. The largest absolute Gasteiger partial charge is 0.347 e. The normalized spacial score (nSPS) is 17.5. The molecule has 4 aromatic rings. The maximum absolute atomic E-state index is 13.4. The predicted octanol–water partition coefficient (Wildman–Crippen LogP) is 6.08. The lowest BCUT2D eigenvalue weighted by atomic mass is 9.71. The molecule has 260 valence electrons. The van der Waals surface area contributed by atoms with Crippen molar-refractivity contribution >= 4 is 23.4 Å². The third kappa shape index (κ3) is 6.85. The summed E-state index contributed by atoms with van der Waals surface area (Å²) in [6.07, 6.45) is 5.62. The summed E-state index contributed by atoms with van der Waals surface area (Å²) in [6, 6.07) is 27.7. The Morgan fingerprint density at radius 1 is 0.760 bits per heavy atom. The second-order valence-electron chi connectivity index (χ2n) is 14.5. The number of nitrogens with zero attached hydrogens (tertiary/aromatic N) is 4. The fourth-order valence-corrected chi connectivity index (χ4v) is 7.89. The predicted molar refractivity (Wildman–Crippen MR) is 196 cm³/mol. The van der Waals surface area contributed by atoms with Crippen molar-refractivity contribution in [2.24, 2.45) is 0 Å². The van der Waals surface area contributed by atoms with Crippen molar-refractivity contribution in [2.75, 3.05) is 46.1 Å². The van der Waals surface area contributed by atoms with Gasteiger partial charge in [0.2, 0.25) is 0 Å². The van der Waals surface area contributed by atoms with E-state index < -0.39 is 0 Å². The van der Waals surface area contributed by atoms with Gasteiger partial charge >= 0.3 is 0 Å². The van der Waals surface area contributed by atoms with Crippen LogP contribution >= 0.6 is 0 Å². The standard InChI is InChI=1S/C41H48N6O3/c1-44(2)40(50)34-9-5-30(6-10-34)28-46-25-26-47-36(17-18-37(47)41(46)21-4-22-41)39(49)42-27-29-7-15-35(16-8-29)43-38(48)33-13-11-31(12-14-33)32-19-23-45(3)24-20-32/h5-18,32H,4,19-28H2,1-3H3,(H,42,49)(H,43,48). The van der Waals surface area contributed by atoms with Crippen LogP contribution in [0.15, 0.2) is 84.9 Å². The smallest absolute Gasteiger partial charge is 0.268 e. The van der Waals surface area contributed by atoms with Crippen LogP contribution in [0.2, 0.25) is 0 Å². The topological polar surface area (TPSA) is 89.9 Å². The molecule has 0 unspecified atom stereocenters. The first-order chi connectivity index (χ1) is 24.2. The van der Waals surface area contributed by atoms with Crippen molar-refractivity contribution in [3.63, 3.8) is 0 Å². The highest BCUT2D eigenvalue weighted by atomic mass is 16.2. The number of benzene rings is 3. The van der Waals surface area contributed by atoms with Gasteiger partial charge in [0.1, 0.15) is 5.69 Å². The zero-order valence-electron chi connectivity index (χ0n) is 29.5. The van der Waals surface area contributed by atoms with E-state index in [1.165, 1.54) is 23.2 Å². The molecule has 1 spiro atoms. The van der Waals surface area contributed by atoms with Crippen molar-refractivity contribution in [3.8, 4) is 0 Å². The zero-order chi connectivity index (χ0) is 34.8. The van der Waals surface area contributed by atoms with Crippen LogP contribution in [0.5, 0.6) is 0 Å². The number of rotatable bonds is 9. The molecule has 7 rings (SSSR count). The van der Waals surface area contributed by atoms with Crippen LogP contribution in [0, 0.1) is 0 Å². The van der Waals surface area contributed by atoms with E-state index in [0.717, 1.165) is 69.7 Å². The number of fused-ring (bicyclic) bond motifs is 2. The zero-order valence-corrected chi connectivity index (χ0v) is 29.5. The summed E-state index contributed by atoms with van der Waals surface area (Å²) < 4.78 is 2.21. The van der Waals surface area contributed by atoms with Crippen molar-refractivity contribution in [1.29, 1.82) is 0 Å². The van der Waals surface area contributed by atoms with Gasteiger partial charge in [-0.1, -0.05) is 36.4 Å². The molecule has 3 heterocycles. The van der Waals surface area contributed by atoms with E-state index in [-0.39, 0.29) is 23.3 Å². The van der Waals surface area contributed by atoms with Gasteiger partial charge in [-0.2, -0.15) is 0 Å². The van der Waals surface area contributed by atoms with Gasteiger partial charge < -0.3 is 25.0 Å². The highest BCUT2D eigenvalue weighted by Gasteiger charge is 2.48. The molecule has 2 aliphatic heterocycles. The minimum absolute atomic E-state index is 0.00862. The Kier molecular flexibility index (Phi) is 9.62. The van der Waals surface area contributed by atoms with Crippen LogP contribution in [-0.4, -0.2) is 77.8 Å². The van der Waals surface area contributed by atoms with Crippen molar-refractivity contribution in [2.45, 2.75) is 63.2 Å². The molecule has 50 heavy (non-hydrogen) atoms. The van der Waals surface area contributed by atoms with Gasteiger partial charge in [-0.3, -0.25) is 19.3 Å². The van der Waals surface area contributed by atoms with Crippen LogP contribution in [0.3, 0.4) is 0 Å². The number of amides is 3. The molecule has 1 saturated heterocycles. The van der Waals surface area contributed by atoms with Crippen LogP contribution in [0.4, 0.5) is 5.69 Å². The number of carbonyl (C=O) groups is 3. The van der Waals surface area contributed by atoms with Crippen LogP contribution < -0.4 is 10.6 Å². The number of aromatic nitrogens is 1. The molecular weight excluding hydrogens is 624 g/mol. The minimum Gasteiger partial charge on any atom is -0.347 e. The Hall–Kier alpha value is -4.73. The van der Waals surface area contributed by atoms with Crippen LogP contribution in [0.25, 0.3) is 0 Å². The molecule has 3 aromatic carbocycles. The summed E-state index contributed by atoms with van der Waals surface area (Å²) in [7, 11) is 5.71. The highest BCUT2D eigenvalue weighted by Crippen LogP contribution is 2.49. The average Bonchev–Trinajstić information content (AvgIpc) is 3.55. The Balaban J connectivity index is 0.934. The summed E-state index contributed by atoms with van der Waals surface area (Å²) in [6.45, 7) is 5.04. The number of likely N-dealkylation sites (tertiary alicyclic amines) is 1. The number of carbonyl (C=O) groups excluding carboxylic acids is 3. The number of anilines is 1. The van der Waals surface area contributed by atoms with Crippen LogP contribution in [0.1, 0.15) is 91.6 Å². The molecule has 2 fully saturated rings. The SMILES string of the molecule is CN1CCC(c2ccc(C(=O)Nc3ccc(CNC(=O)c4ccc5n4CCN(Cc4ccc(C(=O)N(C)C)cc4)C54CCC4)cc3)cc2)CC1. The van der Waals surface area contributed by atoms with Gasteiger partial charge in [-0.05, 0) is 123 Å². The Labute approximate surface area is 295 Å². The second kappa shape index (κ2) is 14.2. The molecule has 3 aliphatic rings.